The maximum Gasteiger partial charge on any atom is 0.234 e. The van der Waals surface area contributed by atoms with Crippen molar-refractivity contribution in [2.24, 2.45) is 0 Å². The van der Waals surface area contributed by atoms with Gasteiger partial charge in [0.05, 0.1) is 26.7 Å². The number of fused-ring (bicyclic) bond motifs is 3. The van der Waals surface area contributed by atoms with Crippen LogP contribution in [0.5, 0.6) is 5.88 Å². The van der Waals surface area contributed by atoms with Crippen molar-refractivity contribution in [2.45, 2.75) is 32.9 Å². The molecule has 3 heterocycles. The van der Waals surface area contributed by atoms with Gasteiger partial charge in [-0.05, 0) is 12.5 Å². The van der Waals surface area contributed by atoms with E-state index in [1.807, 2.05) is 16.4 Å². The summed E-state index contributed by atoms with van der Waals surface area (Å²) in [4.78, 5) is 23.1. The number of imidazole rings is 1. The van der Waals surface area contributed by atoms with Gasteiger partial charge in [0.2, 0.25) is 11.8 Å². The molecular weight excluding hydrogens is 332 g/mol. The summed E-state index contributed by atoms with van der Waals surface area (Å²) in [6, 6.07) is 1.75. The molecule has 0 fully saturated rings. The van der Waals surface area contributed by atoms with Crippen LogP contribution in [0.15, 0.2) is 6.07 Å². The van der Waals surface area contributed by atoms with Crippen molar-refractivity contribution in [2.75, 3.05) is 26.9 Å². The van der Waals surface area contributed by atoms with E-state index in [4.69, 9.17) is 21.1 Å². The Bertz CT molecular complexity index is 746. The molecule has 0 bridgehead atoms. The monoisotopic (exact) mass is 352 g/mol. The van der Waals surface area contributed by atoms with Gasteiger partial charge in [0.1, 0.15) is 16.4 Å². The molecule has 0 unspecified atom stereocenters. The van der Waals surface area contributed by atoms with E-state index < -0.39 is 0 Å². The van der Waals surface area contributed by atoms with E-state index in [0.29, 0.717) is 50.2 Å². The molecule has 0 aromatic carbocycles. The molecule has 130 valence electrons. The van der Waals surface area contributed by atoms with Crippen LogP contribution in [0, 0.1) is 0 Å². The fraction of sp³-hybridized carbons (Fsp3) is 0.562. The third kappa shape index (κ3) is 3.32. The first-order chi connectivity index (χ1) is 11.6. The molecular formula is C16H21ClN4O3. The summed E-state index contributed by atoms with van der Waals surface area (Å²) in [6.07, 6.45) is 1.36. The van der Waals surface area contributed by atoms with Gasteiger partial charge in [0.15, 0.2) is 5.65 Å². The van der Waals surface area contributed by atoms with Crippen LogP contribution in [0.2, 0.25) is 5.02 Å². The molecule has 2 aromatic rings. The first-order valence-electron chi connectivity index (χ1n) is 8.09. The molecule has 1 aliphatic rings. The number of hydrogen-bond acceptors (Lipinski definition) is 5. The van der Waals surface area contributed by atoms with Crippen LogP contribution in [0.3, 0.4) is 0 Å². The molecule has 2 aromatic heterocycles. The number of amides is 1. The van der Waals surface area contributed by atoms with Gasteiger partial charge in [0.25, 0.3) is 0 Å². The lowest BCUT2D eigenvalue weighted by molar-refractivity contribution is -0.133. The van der Waals surface area contributed by atoms with Crippen LogP contribution >= 0.6 is 11.6 Å². The first-order valence-corrected chi connectivity index (χ1v) is 8.47. The zero-order chi connectivity index (χ0) is 17.1. The molecule has 24 heavy (non-hydrogen) atoms. The Hall–Kier alpha value is -1.86. The van der Waals surface area contributed by atoms with Gasteiger partial charge in [-0.1, -0.05) is 18.5 Å². The molecule has 0 radical (unpaired) electrons. The van der Waals surface area contributed by atoms with Crippen molar-refractivity contribution in [3.05, 3.63) is 16.9 Å². The maximum atomic E-state index is 12.3. The summed E-state index contributed by atoms with van der Waals surface area (Å²) in [5.74, 6) is 1.29. The summed E-state index contributed by atoms with van der Waals surface area (Å²) in [7, 11) is 1.54. The number of aromatic nitrogens is 3. The molecule has 7 nitrogen and oxygen atoms in total. The van der Waals surface area contributed by atoms with Crippen LogP contribution in [0.4, 0.5) is 0 Å². The van der Waals surface area contributed by atoms with E-state index in [0.717, 1.165) is 23.4 Å². The minimum absolute atomic E-state index is 0.0907. The lowest BCUT2D eigenvalue weighted by Gasteiger charge is -2.27. The standard InChI is InChI=1S/C16H21ClN4O3/c1-3-7-24-8-4-14(22)20-5-6-21-13(10-20)18-12-9-11(17)16(23-2)19-15(12)21/h9H,3-8,10H2,1-2H3. The van der Waals surface area contributed by atoms with Crippen LogP contribution < -0.4 is 4.74 Å². The number of ether oxygens (including phenoxy) is 2. The second kappa shape index (κ2) is 7.36. The molecule has 0 saturated carbocycles. The van der Waals surface area contributed by atoms with Crippen LogP contribution in [0.25, 0.3) is 11.2 Å². The second-order valence-electron chi connectivity index (χ2n) is 5.68. The van der Waals surface area contributed by atoms with Crippen molar-refractivity contribution in [3.8, 4) is 5.88 Å². The number of rotatable bonds is 6. The molecule has 8 heteroatoms. The van der Waals surface area contributed by atoms with E-state index in [9.17, 15) is 4.79 Å². The van der Waals surface area contributed by atoms with Gasteiger partial charge in [-0.3, -0.25) is 4.79 Å². The number of halogens is 1. The normalized spacial score (nSPS) is 14.0. The Morgan fingerprint density at radius 2 is 2.17 bits per heavy atom. The lowest BCUT2D eigenvalue weighted by Crippen LogP contribution is -2.38. The van der Waals surface area contributed by atoms with Crippen molar-refractivity contribution < 1.29 is 14.3 Å². The Balaban J connectivity index is 1.74. The highest BCUT2D eigenvalue weighted by Crippen LogP contribution is 2.28. The van der Waals surface area contributed by atoms with E-state index in [1.54, 1.807) is 6.07 Å². The van der Waals surface area contributed by atoms with Gasteiger partial charge in [0, 0.05) is 19.7 Å². The summed E-state index contributed by atoms with van der Waals surface area (Å²) in [5, 5.41) is 0.432. The van der Waals surface area contributed by atoms with Gasteiger partial charge in [-0.2, -0.15) is 4.98 Å². The van der Waals surface area contributed by atoms with Gasteiger partial charge >= 0.3 is 0 Å². The fourth-order valence-corrected chi connectivity index (χ4v) is 3.02. The molecule has 1 aliphatic heterocycles. The Morgan fingerprint density at radius 1 is 1.33 bits per heavy atom. The number of carbonyl (C=O) groups is 1. The Morgan fingerprint density at radius 3 is 2.92 bits per heavy atom. The summed E-state index contributed by atoms with van der Waals surface area (Å²) in [6.45, 7) is 4.98. The summed E-state index contributed by atoms with van der Waals surface area (Å²) < 4.78 is 12.6. The lowest BCUT2D eigenvalue weighted by atomic mass is 10.3. The Labute approximate surface area is 145 Å². The smallest absolute Gasteiger partial charge is 0.234 e. The Kier molecular flexibility index (Phi) is 5.20. The van der Waals surface area contributed by atoms with E-state index in [-0.39, 0.29) is 5.91 Å². The highest BCUT2D eigenvalue weighted by atomic mass is 35.5. The topological polar surface area (TPSA) is 69.5 Å². The quantitative estimate of drug-likeness (QED) is 0.746. The largest absolute Gasteiger partial charge is 0.480 e. The predicted octanol–water partition coefficient (Wildman–Crippen LogP) is 2.25. The highest BCUT2D eigenvalue weighted by Gasteiger charge is 2.24. The highest BCUT2D eigenvalue weighted by molar-refractivity contribution is 6.32. The van der Waals surface area contributed by atoms with E-state index >= 15 is 0 Å². The minimum atomic E-state index is 0.0907. The predicted molar refractivity (Wildman–Crippen MR) is 90.2 cm³/mol. The van der Waals surface area contributed by atoms with Crippen molar-refractivity contribution in [1.82, 2.24) is 19.4 Å². The zero-order valence-corrected chi connectivity index (χ0v) is 14.7. The number of hydrogen-bond donors (Lipinski definition) is 0. The van der Waals surface area contributed by atoms with Crippen molar-refractivity contribution in [3.63, 3.8) is 0 Å². The van der Waals surface area contributed by atoms with Crippen LogP contribution in [0.1, 0.15) is 25.6 Å². The molecule has 0 saturated heterocycles. The maximum absolute atomic E-state index is 12.3. The van der Waals surface area contributed by atoms with Crippen molar-refractivity contribution >= 4 is 28.7 Å². The molecule has 3 rings (SSSR count). The van der Waals surface area contributed by atoms with Gasteiger partial charge in [-0.25, -0.2) is 4.98 Å². The number of nitrogens with zero attached hydrogens (tertiary/aromatic N) is 4. The number of pyridine rings is 1. The fourth-order valence-electron chi connectivity index (χ4n) is 2.80. The van der Waals surface area contributed by atoms with Crippen LogP contribution in [-0.2, 0) is 22.6 Å². The van der Waals surface area contributed by atoms with Gasteiger partial charge in [-0.15, -0.1) is 0 Å². The number of carbonyl (C=O) groups excluding carboxylic acids is 1. The first kappa shape index (κ1) is 17.0. The third-order valence-electron chi connectivity index (χ3n) is 4.00. The van der Waals surface area contributed by atoms with E-state index in [1.165, 1.54) is 7.11 Å². The molecule has 0 aliphatic carbocycles. The average molecular weight is 353 g/mol. The third-order valence-corrected chi connectivity index (χ3v) is 4.27. The van der Waals surface area contributed by atoms with E-state index in [2.05, 4.69) is 9.97 Å². The number of methoxy groups -OCH3 is 1. The van der Waals surface area contributed by atoms with Crippen LogP contribution in [-0.4, -0.2) is 52.2 Å². The summed E-state index contributed by atoms with van der Waals surface area (Å²) in [5.41, 5.74) is 1.46. The average Bonchev–Trinajstić information content (AvgIpc) is 2.93. The molecule has 0 atom stereocenters. The summed E-state index contributed by atoms with van der Waals surface area (Å²) >= 11 is 6.11. The molecule has 0 N–H and O–H groups in total. The van der Waals surface area contributed by atoms with Gasteiger partial charge < -0.3 is 18.9 Å². The van der Waals surface area contributed by atoms with Crippen molar-refractivity contribution in [1.29, 1.82) is 0 Å². The minimum Gasteiger partial charge on any atom is -0.480 e. The molecule has 1 amide bonds. The second-order valence-corrected chi connectivity index (χ2v) is 6.09. The molecule has 0 spiro atoms. The SMILES string of the molecule is CCCOCCC(=O)N1CCn2c(nc3cc(Cl)c(OC)nc32)C1. The zero-order valence-electron chi connectivity index (χ0n) is 13.9.